The molecule has 0 bridgehead atoms. The molecular formula is C10H16N2O. The second-order valence-corrected chi connectivity index (χ2v) is 3.52. The van der Waals surface area contributed by atoms with Crippen molar-refractivity contribution in [3.8, 4) is 12.3 Å². The molecule has 1 atom stereocenters. The second kappa shape index (κ2) is 4.88. The second-order valence-electron chi connectivity index (χ2n) is 3.52. The van der Waals surface area contributed by atoms with Crippen molar-refractivity contribution in [3.63, 3.8) is 0 Å². The molecule has 1 N–H and O–H groups in total. The summed E-state index contributed by atoms with van der Waals surface area (Å²) in [6.07, 6.45) is 7.15. The molecule has 1 aliphatic rings. The average Bonchev–Trinajstić information content (AvgIpc) is 2.14. The Bertz CT molecular complexity index is 219. The zero-order valence-electron chi connectivity index (χ0n) is 8.05. The first-order valence-electron chi connectivity index (χ1n) is 4.63. The van der Waals surface area contributed by atoms with E-state index >= 15 is 0 Å². The van der Waals surface area contributed by atoms with Gasteiger partial charge in [-0.3, -0.25) is 4.79 Å². The summed E-state index contributed by atoms with van der Waals surface area (Å²) in [5, 5.41) is 2.72. The van der Waals surface area contributed by atoms with Gasteiger partial charge in [-0.2, -0.15) is 0 Å². The van der Waals surface area contributed by atoms with Crippen LogP contribution >= 0.6 is 0 Å². The van der Waals surface area contributed by atoms with Crippen molar-refractivity contribution in [2.75, 3.05) is 26.7 Å². The highest BCUT2D eigenvalue weighted by Crippen LogP contribution is 2.14. The van der Waals surface area contributed by atoms with Crippen molar-refractivity contribution in [2.24, 2.45) is 5.92 Å². The van der Waals surface area contributed by atoms with Crippen LogP contribution in [0.4, 0.5) is 0 Å². The molecule has 0 spiro atoms. The van der Waals surface area contributed by atoms with Crippen molar-refractivity contribution in [3.05, 3.63) is 0 Å². The average molecular weight is 180 g/mol. The zero-order chi connectivity index (χ0) is 9.68. The lowest BCUT2D eigenvalue weighted by Crippen LogP contribution is -2.41. The minimum atomic E-state index is 0.101. The predicted molar refractivity (Wildman–Crippen MR) is 52.1 cm³/mol. The monoisotopic (exact) mass is 180 g/mol. The van der Waals surface area contributed by atoms with E-state index < -0.39 is 0 Å². The lowest BCUT2D eigenvalue weighted by molar-refractivity contribution is -0.126. The van der Waals surface area contributed by atoms with Gasteiger partial charge in [0.2, 0.25) is 5.91 Å². The fraction of sp³-hybridized carbons (Fsp3) is 0.700. The number of piperidine rings is 1. The number of rotatable bonds is 2. The van der Waals surface area contributed by atoms with Crippen LogP contribution in [0.3, 0.4) is 0 Å². The summed E-state index contributed by atoms with van der Waals surface area (Å²) in [4.78, 5) is 13.7. The number of carbonyl (C=O) groups excluding carboxylic acids is 1. The summed E-state index contributed by atoms with van der Waals surface area (Å²) < 4.78 is 0. The molecule has 1 rings (SSSR count). The number of carbonyl (C=O) groups is 1. The molecule has 3 nitrogen and oxygen atoms in total. The van der Waals surface area contributed by atoms with Crippen molar-refractivity contribution in [1.82, 2.24) is 10.2 Å². The molecule has 1 unspecified atom stereocenters. The molecule has 0 aliphatic carbocycles. The Morgan fingerprint density at radius 3 is 3.15 bits per heavy atom. The molecule has 72 valence electrons. The van der Waals surface area contributed by atoms with E-state index in [1.807, 2.05) is 7.05 Å². The number of terminal acetylenes is 1. The van der Waals surface area contributed by atoms with Gasteiger partial charge in [-0.15, -0.1) is 6.42 Å². The van der Waals surface area contributed by atoms with Gasteiger partial charge in [-0.05, 0) is 26.4 Å². The number of amides is 1. The largest absolute Gasteiger partial charge is 0.345 e. The highest BCUT2D eigenvalue weighted by atomic mass is 16.1. The summed E-state index contributed by atoms with van der Waals surface area (Å²) >= 11 is 0. The normalized spacial score (nSPS) is 23.5. The minimum Gasteiger partial charge on any atom is -0.345 e. The molecular weight excluding hydrogens is 164 g/mol. The van der Waals surface area contributed by atoms with Crippen LogP contribution in [0.15, 0.2) is 0 Å². The van der Waals surface area contributed by atoms with E-state index in [1.54, 1.807) is 0 Å². The molecule has 1 fully saturated rings. The number of nitrogens with one attached hydrogen (secondary N) is 1. The van der Waals surface area contributed by atoms with E-state index in [9.17, 15) is 4.79 Å². The Labute approximate surface area is 79.5 Å². The summed E-state index contributed by atoms with van der Waals surface area (Å²) in [6, 6.07) is 0. The summed E-state index contributed by atoms with van der Waals surface area (Å²) in [7, 11) is 2.04. The van der Waals surface area contributed by atoms with Gasteiger partial charge in [-0.25, -0.2) is 0 Å². The summed E-state index contributed by atoms with van der Waals surface area (Å²) in [5.74, 6) is 2.64. The van der Waals surface area contributed by atoms with Gasteiger partial charge in [0.25, 0.3) is 0 Å². The van der Waals surface area contributed by atoms with Crippen LogP contribution in [0, 0.1) is 18.3 Å². The van der Waals surface area contributed by atoms with E-state index in [-0.39, 0.29) is 11.8 Å². The van der Waals surface area contributed by atoms with Gasteiger partial charge < -0.3 is 10.2 Å². The highest BCUT2D eigenvalue weighted by molar-refractivity contribution is 5.79. The maximum atomic E-state index is 11.5. The van der Waals surface area contributed by atoms with Crippen molar-refractivity contribution < 1.29 is 4.79 Å². The molecule has 0 aromatic carbocycles. The maximum Gasteiger partial charge on any atom is 0.225 e. The van der Waals surface area contributed by atoms with Crippen LogP contribution in [0.2, 0.25) is 0 Å². The smallest absolute Gasteiger partial charge is 0.225 e. The fourth-order valence-electron chi connectivity index (χ4n) is 1.66. The first-order chi connectivity index (χ1) is 6.24. The van der Waals surface area contributed by atoms with Crippen molar-refractivity contribution in [2.45, 2.75) is 12.8 Å². The molecule has 0 radical (unpaired) electrons. The number of nitrogens with zero attached hydrogens (tertiary/aromatic N) is 1. The van der Waals surface area contributed by atoms with Crippen LogP contribution in [0.5, 0.6) is 0 Å². The highest BCUT2D eigenvalue weighted by Gasteiger charge is 2.22. The van der Waals surface area contributed by atoms with Crippen LogP contribution in [-0.2, 0) is 4.79 Å². The molecule has 0 aromatic rings. The van der Waals surface area contributed by atoms with Gasteiger partial charge in [-0.1, -0.05) is 5.92 Å². The third-order valence-corrected chi connectivity index (χ3v) is 2.36. The third-order valence-electron chi connectivity index (χ3n) is 2.36. The Kier molecular flexibility index (Phi) is 3.78. The molecule has 1 aliphatic heterocycles. The lowest BCUT2D eigenvalue weighted by Gasteiger charge is -2.28. The molecule has 0 saturated carbocycles. The molecule has 3 heteroatoms. The Morgan fingerprint density at radius 2 is 2.54 bits per heavy atom. The lowest BCUT2D eigenvalue weighted by atomic mass is 9.98. The van der Waals surface area contributed by atoms with Gasteiger partial charge in [0.15, 0.2) is 0 Å². The number of likely N-dealkylation sites (tertiary alicyclic amines) is 1. The fourth-order valence-corrected chi connectivity index (χ4v) is 1.66. The standard InChI is InChI=1S/C10H16N2O/c1-3-6-11-10(13)9-5-4-7-12(2)8-9/h1,9H,4-8H2,2H3,(H,11,13). The van der Waals surface area contributed by atoms with E-state index in [4.69, 9.17) is 6.42 Å². The summed E-state index contributed by atoms with van der Waals surface area (Å²) in [6.45, 7) is 2.30. The van der Waals surface area contributed by atoms with Crippen molar-refractivity contribution >= 4 is 5.91 Å². The topological polar surface area (TPSA) is 32.3 Å². The van der Waals surface area contributed by atoms with Crippen molar-refractivity contribution in [1.29, 1.82) is 0 Å². The Hall–Kier alpha value is -1.01. The SMILES string of the molecule is C#CCNC(=O)C1CCCN(C)C1. The van der Waals surface area contributed by atoms with Crippen LogP contribution in [0.25, 0.3) is 0 Å². The predicted octanol–water partition coefficient (Wildman–Crippen LogP) is 0.0776. The first kappa shape index (κ1) is 10.1. The summed E-state index contributed by atoms with van der Waals surface area (Å²) in [5.41, 5.74) is 0. The van der Waals surface area contributed by atoms with Crippen LogP contribution < -0.4 is 5.32 Å². The maximum absolute atomic E-state index is 11.5. The quantitative estimate of drug-likeness (QED) is 0.610. The van der Waals surface area contributed by atoms with Crippen LogP contribution in [-0.4, -0.2) is 37.5 Å². The number of hydrogen-bond donors (Lipinski definition) is 1. The van der Waals surface area contributed by atoms with Gasteiger partial charge in [0.05, 0.1) is 12.5 Å². The molecule has 1 amide bonds. The molecule has 13 heavy (non-hydrogen) atoms. The molecule has 1 heterocycles. The van der Waals surface area contributed by atoms with Crippen LogP contribution in [0.1, 0.15) is 12.8 Å². The molecule has 0 aromatic heterocycles. The van der Waals surface area contributed by atoms with E-state index in [2.05, 4.69) is 16.1 Å². The van der Waals surface area contributed by atoms with E-state index in [0.717, 1.165) is 25.9 Å². The minimum absolute atomic E-state index is 0.101. The van der Waals surface area contributed by atoms with Gasteiger partial charge in [0, 0.05) is 6.54 Å². The van der Waals surface area contributed by atoms with Gasteiger partial charge >= 0.3 is 0 Å². The zero-order valence-corrected chi connectivity index (χ0v) is 8.05. The molecule has 1 saturated heterocycles. The van der Waals surface area contributed by atoms with Gasteiger partial charge in [0.1, 0.15) is 0 Å². The number of hydrogen-bond acceptors (Lipinski definition) is 2. The Balaban J connectivity index is 2.33. The first-order valence-corrected chi connectivity index (χ1v) is 4.63. The Morgan fingerprint density at radius 1 is 1.77 bits per heavy atom. The van der Waals surface area contributed by atoms with E-state index in [1.165, 1.54) is 0 Å². The van der Waals surface area contributed by atoms with E-state index in [0.29, 0.717) is 6.54 Å². The third kappa shape index (κ3) is 3.08.